The Morgan fingerprint density at radius 2 is 0.903 bits per heavy atom. The number of benzene rings is 5. The van der Waals surface area contributed by atoms with Crippen molar-refractivity contribution in [2.75, 3.05) is 133 Å². The number of esters is 1. The molecule has 746 valence electrons. The summed E-state index contributed by atoms with van der Waals surface area (Å²) >= 11 is 9.40. The summed E-state index contributed by atoms with van der Waals surface area (Å²) in [5, 5.41) is 49.5. The second kappa shape index (κ2) is 50.4. The lowest BCUT2D eigenvalue weighted by Crippen LogP contribution is -2.28. The third-order valence-corrected chi connectivity index (χ3v) is 28.2. The Bertz CT molecular complexity index is 7310. The average Bonchev–Trinajstić information content (AvgIpc) is 1.61. The zero-order valence-corrected chi connectivity index (χ0v) is 84.9. The number of ether oxygens (including phenoxy) is 9. The predicted molar refractivity (Wildman–Crippen MR) is 566 cm³/mol. The summed E-state index contributed by atoms with van der Waals surface area (Å²) in [6.07, 6.45) is 8.70. The number of nitrogens with two attached hydrogens (primary N) is 3. The van der Waals surface area contributed by atoms with E-state index in [1.807, 2.05) is 153 Å². The smallest absolute Gasteiger partial charge is 0.407 e. The lowest BCUT2D eigenvalue weighted by molar-refractivity contribution is -0.149. The number of hydrogen-bond acceptors (Lipinski definition) is 38. The fraction of sp³-hybridized carbons (Fsp3) is 0.257. The molecule has 1 aliphatic heterocycles. The first-order chi connectivity index (χ1) is 70.1. The Hall–Kier alpha value is -16.3. The van der Waals surface area contributed by atoms with Crippen molar-refractivity contribution in [3.05, 3.63) is 235 Å². The number of aliphatic imine (C=N–C) groups is 1. The van der Waals surface area contributed by atoms with Gasteiger partial charge >= 0.3 is 30.3 Å². The minimum absolute atomic E-state index is 0.0437. The lowest BCUT2D eigenvalue weighted by atomic mass is 10.1. The number of nitrogen functional groups attached to an aromatic ring is 3. The van der Waals surface area contributed by atoms with Gasteiger partial charge in [0.25, 0.3) is 11.8 Å². The molecule has 5 amide bonds. The molecule has 11 heterocycles. The number of H-pyrrole nitrogens is 1. The fourth-order valence-electron chi connectivity index (χ4n) is 13.8. The van der Waals surface area contributed by atoms with Crippen LogP contribution in [0.15, 0.2) is 186 Å². The van der Waals surface area contributed by atoms with E-state index < -0.39 is 41.7 Å². The first-order valence-corrected chi connectivity index (χ1v) is 50.0. The first kappa shape index (κ1) is 105. The van der Waals surface area contributed by atoms with E-state index >= 15 is 0 Å². The van der Waals surface area contributed by atoms with E-state index in [1.54, 1.807) is 99.5 Å². The Labute approximate surface area is 856 Å². The number of anilines is 6. The number of methoxy groups -OCH3 is 2. The highest BCUT2D eigenvalue weighted by Gasteiger charge is 2.24. The second-order valence-corrected chi connectivity index (χ2v) is 39.7. The number of likely N-dealkylation sites (N-methyl/N-ethyl adjacent to an activating group) is 3. The monoisotopic (exact) mass is 2070 g/mol. The van der Waals surface area contributed by atoms with Gasteiger partial charge in [-0.25, -0.2) is 34.1 Å². The molecule has 10 aromatic heterocycles. The molecule has 0 aliphatic carbocycles. The molecule has 0 spiro atoms. The van der Waals surface area contributed by atoms with Crippen molar-refractivity contribution >= 4 is 218 Å². The number of fused-ring (bicyclic) bond motifs is 6. The summed E-state index contributed by atoms with van der Waals surface area (Å²) in [6.45, 7) is 10.7. The number of alkyl carbamates (subject to hydrolysis) is 3. The van der Waals surface area contributed by atoms with Gasteiger partial charge in [0.05, 0.1) is 59.9 Å². The maximum absolute atomic E-state index is 12.4. The topological polar surface area (TPSA) is 523 Å². The molecule has 15 aromatic rings. The second-order valence-electron chi connectivity index (χ2n) is 33.2. The van der Waals surface area contributed by atoms with Crippen LogP contribution in [-0.2, 0) is 88.7 Å². The molecule has 0 saturated heterocycles. The van der Waals surface area contributed by atoms with Crippen LogP contribution in [0.25, 0.3) is 79.5 Å². The highest BCUT2D eigenvalue weighted by molar-refractivity contribution is 7.25. The first-order valence-electron chi connectivity index (χ1n) is 45.1. The zero-order chi connectivity index (χ0) is 102. The van der Waals surface area contributed by atoms with Crippen LogP contribution in [0, 0.1) is 34.0 Å². The largest absolute Gasteiger partial charge is 0.471 e. The van der Waals surface area contributed by atoms with E-state index in [2.05, 4.69) is 118 Å². The number of carbonyl (C=O) groups is 6. The molecule has 0 bridgehead atoms. The summed E-state index contributed by atoms with van der Waals surface area (Å²) in [7, 11) is 8.96. The van der Waals surface area contributed by atoms with Gasteiger partial charge in [0, 0.05) is 130 Å². The number of hydrogen-bond donors (Lipinski definition) is 9. The van der Waals surface area contributed by atoms with Gasteiger partial charge in [-0.2, -0.15) is 35.7 Å². The van der Waals surface area contributed by atoms with Crippen molar-refractivity contribution in [3.63, 3.8) is 0 Å². The lowest BCUT2D eigenvalue weighted by Gasteiger charge is -2.18. The number of aromatic nitrogens is 8. The van der Waals surface area contributed by atoms with Crippen molar-refractivity contribution in [3.8, 4) is 45.7 Å². The van der Waals surface area contributed by atoms with Gasteiger partial charge in [-0.15, -0.1) is 68.0 Å². The van der Waals surface area contributed by atoms with Gasteiger partial charge in [-0.05, 0) is 173 Å². The molecular weight excluding hydrogens is 1970 g/mol. The van der Waals surface area contributed by atoms with Crippen LogP contribution >= 0.6 is 68.0 Å². The number of nitriles is 3. The quantitative estimate of drug-likeness (QED) is 0.00566. The maximum Gasteiger partial charge on any atom is 0.407 e. The summed E-state index contributed by atoms with van der Waals surface area (Å²) in [5.74, 6) is -0.208. The molecule has 0 saturated carbocycles. The molecular formula is C101H101N23O15S6. The van der Waals surface area contributed by atoms with Gasteiger partial charge < -0.3 is 106 Å². The summed E-state index contributed by atoms with van der Waals surface area (Å²) in [5.41, 5.74) is 24.4. The maximum atomic E-state index is 12.4. The Morgan fingerprint density at radius 1 is 0.462 bits per heavy atom. The van der Waals surface area contributed by atoms with E-state index in [0.29, 0.717) is 113 Å². The number of imidazole rings is 1. The normalized spacial score (nSPS) is 11.7. The average molecular weight is 2070 g/mol. The number of rotatable bonds is 40. The van der Waals surface area contributed by atoms with Gasteiger partial charge in [-0.3, -0.25) is 14.6 Å². The van der Waals surface area contributed by atoms with Gasteiger partial charge in [0.2, 0.25) is 23.7 Å². The Balaban J connectivity index is 0.000000172. The summed E-state index contributed by atoms with van der Waals surface area (Å²) in [6, 6.07) is 55.1. The van der Waals surface area contributed by atoms with Gasteiger partial charge in [0.1, 0.15) is 97.2 Å². The van der Waals surface area contributed by atoms with E-state index in [0.717, 1.165) is 119 Å². The van der Waals surface area contributed by atoms with Gasteiger partial charge in [0.15, 0.2) is 5.65 Å². The third-order valence-electron chi connectivity index (χ3n) is 21.3. The zero-order valence-electron chi connectivity index (χ0n) is 80.0. The van der Waals surface area contributed by atoms with Crippen molar-refractivity contribution in [1.29, 1.82) is 15.8 Å². The molecule has 12 N–H and O–H groups in total. The molecule has 0 unspecified atom stereocenters. The Morgan fingerprint density at radius 3 is 1.39 bits per heavy atom. The standard InChI is InChI=1S/C34H33N9O5S2.C34H35N7O5S2.C33H33N7O5S2/c1-43(28-15-23-14-26-22(13-27(23)50-28)11-25(49-26)12-24(16-35)31(44)37-7-9-46-2)8-10-47-34(45)38-17-20-3-5-21(6-4-20)18-48-32-29-30(40-19-39-29)41-33(36)42-32;1-34(2,3)46-31(42)23(18-35)17-24-9-10-26(47-24)27-11-12-28(48-27)41(4)15-16-44-33(43)38-19-21-5-7-22(8-6-21)20-45-30-29-25(13-14-37-29)39-32(36)40-30;1-40(10-12-44-33(42)38-19-21-3-5-22(6-4-21)20-45-32-37-8-7-29(35)39-32)30-17-24-16-27-23(15-28(24)47-30)13-26(46-27)14-25(18-34)31(41)36-9-11-43-2/h3-6,11-15,19H,7-10,17-18H2,1-2H3,(H,37,44)(H,38,45)(H3,36,39,40,41,42);5-12,14,17H,13,15-16,19-20H2,1-4H3,(H,38,43)(H2,36,39,40);3-8,13-17H,9-12,19-20H2,1-2H3,(H,36,41)(H,38,42)(H2,35,37,39)/b24-12+;23-17+;25-14+. The van der Waals surface area contributed by atoms with Crippen molar-refractivity contribution < 1.29 is 71.4 Å². The molecule has 0 atom stereocenters. The molecule has 5 aromatic carbocycles. The van der Waals surface area contributed by atoms with E-state index in [9.17, 15) is 44.6 Å². The van der Waals surface area contributed by atoms with Crippen molar-refractivity contribution in [2.24, 2.45) is 4.99 Å². The number of nitrogens with one attached hydrogen (secondary N) is 6. The van der Waals surface area contributed by atoms with Crippen LogP contribution in [0.2, 0.25) is 0 Å². The molecule has 44 heteroatoms. The number of nitrogens with zero attached hydrogens (tertiary/aromatic N) is 14. The van der Waals surface area contributed by atoms with Crippen LogP contribution in [0.4, 0.5) is 52.8 Å². The number of amides is 5. The van der Waals surface area contributed by atoms with E-state index in [-0.39, 0.29) is 67.7 Å². The minimum Gasteiger partial charge on any atom is -0.471 e. The molecule has 0 fully saturated rings. The molecule has 1 aliphatic rings. The van der Waals surface area contributed by atoms with Crippen molar-refractivity contribution in [2.45, 2.75) is 72.2 Å². The van der Waals surface area contributed by atoms with Crippen LogP contribution in [0.1, 0.15) is 74.5 Å². The van der Waals surface area contributed by atoms with Crippen LogP contribution < -0.4 is 72.7 Å². The number of thiophene rings is 6. The van der Waals surface area contributed by atoms with Crippen LogP contribution in [0.5, 0.6) is 17.8 Å². The van der Waals surface area contributed by atoms with Crippen molar-refractivity contribution in [1.82, 2.24) is 66.5 Å². The summed E-state index contributed by atoms with van der Waals surface area (Å²) in [4.78, 5) is 120. The highest BCUT2D eigenvalue weighted by atomic mass is 32.1. The van der Waals surface area contributed by atoms with Crippen LogP contribution in [0.3, 0.4) is 0 Å². The molecule has 145 heavy (non-hydrogen) atoms. The fourth-order valence-corrected chi connectivity index (χ4v) is 20.1. The molecule has 38 nitrogen and oxygen atoms in total. The van der Waals surface area contributed by atoms with E-state index in [1.165, 1.54) is 46.5 Å². The molecule has 16 rings (SSSR count). The predicted octanol–water partition coefficient (Wildman–Crippen LogP) is 16.4. The molecule has 0 radical (unpaired) electrons. The summed E-state index contributed by atoms with van der Waals surface area (Å²) < 4.78 is 53.0. The third kappa shape index (κ3) is 30.2. The minimum atomic E-state index is -0.681. The van der Waals surface area contributed by atoms with Crippen LogP contribution in [-0.4, -0.2) is 189 Å². The number of carbonyl (C=O) groups excluding carboxylic acids is 6. The number of aromatic amines is 1. The van der Waals surface area contributed by atoms with E-state index in [4.69, 9.17) is 59.8 Å². The Kier molecular flexibility index (Phi) is 36.4. The highest BCUT2D eigenvalue weighted by Crippen LogP contribution is 2.42. The SMILES string of the molecule is CN(CCOC(=O)NCc1ccc(COc2nc(N)nc3c2N=CC3)cc1)c1ccc(-c2ccc(/C=C(\C#N)C(=O)OC(C)(C)C)s2)s1.COCCNC(=O)/C(C#N)=C/c1cc2cc3sc(N(C)CCOC(=O)NCc4ccc(COc5nc(N)nc6nc[nH]c56)cc4)cc3cc2s1.COCCNC(=O)/C(C#N)=C/c1cc2cc3sc(N(C)CCOC(=O)NCc4ccc(COc5nccc(N)n5)cc4)cc3cc2s1. The van der Waals surface area contributed by atoms with Gasteiger partial charge in [-0.1, -0.05) is 72.8 Å².